The van der Waals surface area contributed by atoms with Gasteiger partial charge in [0.2, 0.25) is 0 Å². The highest BCUT2D eigenvalue weighted by Crippen LogP contribution is 2.15. The second kappa shape index (κ2) is 3.91. The normalized spacial score (nSPS) is 10.6. The Balaban J connectivity index is 2.39. The molecule has 0 N–H and O–H groups in total. The summed E-state index contributed by atoms with van der Waals surface area (Å²) in [6, 6.07) is 19.3. The van der Waals surface area contributed by atoms with E-state index in [0.29, 0.717) is 0 Å². The first-order chi connectivity index (χ1) is 8.36. The van der Waals surface area contributed by atoms with Gasteiger partial charge >= 0.3 is 0 Å². The number of aromatic nitrogens is 1. The summed E-state index contributed by atoms with van der Waals surface area (Å²) in [7, 11) is 0. The van der Waals surface area contributed by atoms with E-state index in [-0.39, 0.29) is 5.43 Å². The maximum absolute atomic E-state index is 11.7. The lowest BCUT2D eigenvalue weighted by molar-refractivity contribution is 1.10. The van der Waals surface area contributed by atoms with Crippen molar-refractivity contribution in [1.82, 2.24) is 4.57 Å². The molecule has 0 aliphatic rings. The minimum absolute atomic E-state index is 0.0628. The first-order valence-corrected chi connectivity index (χ1v) is 5.52. The third-order valence-corrected chi connectivity index (χ3v) is 2.84. The van der Waals surface area contributed by atoms with Crippen LogP contribution in [0.4, 0.5) is 0 Å². The van der Waals surface area contributed by atoms with Crippen molar-refractivity contribution in [3.63, 3.8) is 0 Å². The molecule has 0 fully saturated rings. The van der Waals surface area contributed by atoms with Crippen molar-refractivity contribution in [3.8, 4) is 5.69 Å². The molecular formula is C15H11NO. The monoisotopic (exact) mass is 221 g/mol. The van der Waals surface area contributed by atoms with E-state index in [1.165, 1.54) is 0 Å². The van der Waals surface area contributed by atoms with Gasteiger partial charge in [-0.3, -0.25) is 4.79 Å². The Kier molecular flexibility index (Phi) is 2.26. The third-order valence-electron chi connectivity index (χ3n) is 2.84. The van der Waals surface area contributed by atoms with Crippen molar-refractivity contribution >= 4 is 10.9 Å². The van der Waals surface area contributed by atoms with E-state index in [0.717, 1.165) is 16.6 Å². The summed E-state index contributed by atoms with van der Waals surface area (Å²) in [6.45, 7) is 0. The molecule has 1 aromatic heterocycles. The molecule has 0 spiro atoms. The van der Waals surface area contributed by atoms with Crippen molar-refractivity contribution in [2.45, 2.75) is 0 Å². The molecule has 3 rings (SSSR count). The van der Waals surface area contributed by atoms with E-state index >= 15 is 0 Å². The van der Waals surface area contributed by atoms with Gasteiger partial charge in [-0.05, 0) is 24.3 Å². The van der Waals surface area contributed by atoms with Crippen LogP contribution in [0.5, 0.6) is 0 Å². The van der Waals surface area contributed by atoms with Gasteiger partial charge in [0.15, 0.2) is 5.43 Å². The molecule has 0 atom stereocenters. The molecule has 0 aliphatic heterocycles. The summed E-state index contributed by atoms with van der Waals surface area (Å²) in [4.78, 5) is 11.7. The fraction of sp³-hybridized carbons (Fsp3) is 0. The summed E-state index contributed by atoms with van der Waals surface area (Å²) >= 11 is 0. The number of rotatable bonds is 1. The lowest BCUT2D eigenvalue weighted by atomic mass is 10.2. The van der Waals surface area contributed by atoms with E-state index in [1.54, 1.807) is 6.07 Å². The maximum Gasteiger partial charge on any atom is 0.189 e. The third kappa shape index (κ3) is 1.64. The molecule has 2 nitrogen and oxygen atoms in total. The Hall–Kier alpha value is -2.35. The Bertz CT molecular complexity index is 714. The molecule has 3 aromatic rings. The summed E-state index contributed by atoms with van der Waals surface area (Å²) in [5.74, 6) is 0. The summed E-state index contributed by atoms with van der Waals surface area (Å²) in [5, 5.41) is 0.749. The van der Waals surface area contributed by atoms with E-state index < -0.39 is 0 Å². The van der Waals surface area contributed by atoms with Crippen LogP contribution in [0.3, 0.4) is 0 Å². The van der Waals surface area contributed by atoms with E-state index in [1.807, 2.05) is 65.4 Å². The zero-order chi connectivity index (χ0) is 11.7. The molecule has 0 amide bonds. The van der Waals surface area contributed by atoms with Crippen molar-refractivity contribution < 1.29 is 0 Å². The predicted octanol–water partition coefficient (Wildman–Crippen LogP) is 2.99. The average molecular weight is 221 g/mol. The number of para-hydroxylation sites is 2. The Morgan fingerprint density at radius 1 is 0.765 bits per heavy atom. The standard InChI is InChI=1S/C15H11NO/c17-15-10-11-16(12-6-2-1-3-7-12)14-9-5-4-8-13(14)15/h1-11H. The van der Waals surface area contributed by atoms with E-state index in [4.69, 9.17) is 0 Å². The van der Waals surface area contributed by atoms with Crippen LogP contribution in [0.1, 0.15) is 0 Å². The molecule has 0 radical (unpaired) electrons. The summed E-state index contributed by atoms with van der Waals surface area (Å²) < 4.78 is 2.02. The highest BCUT2D eigenvalue weighted by atomic mass is 16.1. The lowest BCUT2D eigenvalue weighted by Gasteiger charge is -2.10. The van der Waals surface area contributed by atoms with Crippen LogP contribution in [-0.2, 0) is 0 Å². The van der Waals surface area contributed by atoms with Crippen molar-refractivity contribution in [1.29, 1.82) is 0 Å². The number of hydrogen-bond donors (Lipinski definition) is 0. The Labute approximate surface area is 98.8 Å². The van der Waals surface area contributed by atoms with Gasteiger partial charge in [0, 0.05) is 23.3 Å². The number of fused-ring (bicyclic) bond motifs is 1. The number of pyridine rings is 1. The van der Waals surface area contributed by atoms with Crippen LogP contribution < -0.4 is 5.43 Å². The van der Waals surface area contributed by atoms with Crippen molar-refractivity contribution in [2.75, 3.05) is 0 Å². The maximum atomic E-state index is 11.7. The zero-order valence-electron chi connectivity index (χ0n) is 9.21. The van der Waals surface area contributed by atoms with Crippen LogP contribution in [0, 0.1) is 0 Å². The highest BCUT2D eigenvalue weighted by Gasteiger charge is 2.02. The summed E-state index contributed by atoms with van der Waals surface area (Å²) in [6.07, 6.45) is 1.82. The molecular weight excluding hydrogens is 210 g/mol. The molecule has 2 aromatic carbocycles. The predicted molar refractivity (Wildman–Crippen MR) is 69.5 cm³/mol. The Morgan fingerprint density at radius 2 is 1.47 bits per heavy atom. The second-order valence-electron chi connectivity index (χ2n) is 3.90. The molecule has 17 heavy (non-hydrogen) atoms. The topological polar surface area (TPSA) is 22.0 Å². The molecule has 82 valence electrons. The van der Waals surface area contributed by atoms with Crippen LogP contribution in [-0.4, -0.2) is 4.57 Å². The number of benzene rings is 2. The van der Waals surface area contributed by atoms with Gasteiger partial charge in [-0.15, -0.1) is 0 Å². The average Bonchev–Trinajstić information content (AvgIpc) is 2.41. The van der Waals surface area contributed by atoms with Gasteiger partial charge in [-0.2, -0.15) is 0 Å². The minimum Gasteiger partial charge on any atom is -0.316 e. The summed E-state index contributed by atoms with van der Waals surface area (Å²) in [5.41, 5.74) is 2.06. The molecule has 2 heteroatoms. The lowest BCUT2D eigenvalue weighted by Crippen LogP contribution is -2.06. The van der Waals surface area contributed by atoms with Gasteiger partial charge in [0.1, 0.15) is 0 Å². The molecule has 0 bridgehead atoms. The molecule has 1 heterocycles. The SMILES string of the molecule is O=c1ccn(-c2ccccc2)c2ccccc12. The van der Waals surface area contributed by atoms with Gasteiger partial charge in [0.05, 0.1) is 5.52 Å². The number of nitrogens with zero attached hydrogens (tertiary/aromatic N) is 1. The van der Waals surface area contributed by atoms with E-state index in [2.05, 4.69) is 0 Å². The van der Waals surface area contributed by atoms with Crippen molar-refractivity contribution in [2.24, 2.45) is 0 Å². The van der Waals surface area contributed by atoms with E-state index in [9.17, 15) is 4.79 Å². The number of hydrogen-bond acceptors (Lipinski definition) is 1. The molecule has 0 saturated carbocycles. The van der Waals surface area contributed by atoms with Crippen molar-refractivity contribution in [3.05, 3.63) is 77.1 Å². The first kappa shape index (κ1) is 9.85. The molecule has 0 aliphatic carbocycles. The Morgan fingerprint density at radius 3 is 2.29 bits per heavy atom. The quantitative estimate of drug-likeness (QED) is 0.619. The molecule has 0 unspecified atom stereocenters. The first-order valence-electron chi connectivity index (χ1n) is 5.52. The van der Waals surface area contributed by atoms with Crippen LogP contribution in [0.15, 0.2) is 71.7 Å². The molecule has 0 saturated heterocycles. The minimum atomic E-state index is 0.0628. The zero-order valence-corrected chi connectivity index (χ0v) is 9.21. The van der Waals surface area contributed by atoms with Crippen LogP contribution in [0.2, 0.25) is 0 Å². The van der Waals surface area contributed by atoms with Gasteiger partial charge in [-0.25, -0.2) is 0 Å². The van der Waals surface area contributed by atoms with Crippen LogP contribution in [0.25, 0.3) is 16.6 Å². The fourth-order valence-electron chi connectivity index (χ4n) is 2.02. The highest BCUT2D eigenvalue weighted by molar-refractivity contribution is 5.80. The smallest absolute Gasteiger partial charge is 0.189 e. The van der Waals surface area contributed by atoms with Crippen LogP contribution >= 0.6 is 0 Å². The van der Waals surface area contributed by atoms with Gasteiger partial charge in [0.25, 0.3) is 0 Å². The second-order valence-corrected chi connectivity index (χ2v) is 3.90. The van der Waals surface area contributed by atoms with Gasteiger partial charge < -0.3 is 4.57 Å². The largest absolute Gasteiger partial charge is 0.316 e. The fourth-order valence-corrected chi connectivity index (χ4v) is 2.02. The van der Waals surface area contributed by atoms with Gasteiger partial charge in [-0.1, -0.05) is 30.3 Å².